The van der Waals surface area contributed by atoms with Gasteiger partial charge in [0.15, 0.2) is 0 Å². The van der Waals surface area contributed by atoms with E-state index in [0.717, 1.165) is 16.5 Å². The van der Waals surface area contributed by atoms with E-state index in [1.165, 1.54) is 11.0 Å². The number of likely N-dealkylation sites (tertiary alicyclic amines) is 1. The molecule has 2 heterocycles. The summed E-state index contributed by atoms with van der Waals surface area (Å²) in [6.07, 6.45) is 5.17. The third-order valence-corrected chi connectivity index (χ3v) is 5.77. The molecule has 140 valence electrons. The molecule has 1 aliphatic carbocycles. The molecule has 0 N–H and O–H groups in total. The highest BCUT2D eigenvalue weighted by Gasteiger charge is 2.47. The van der Waals surface area contributed by atoms with Crippen molar-refractivity contribution in [1.29, 1.82) is 0 Å². The van der Waals surface area contributed by atoms with E-state index in [9.17, 15) is 14.4 Å². The number of fused-ring (bicyclic) bond motifs is 2. The maximum absolute atomic E-state index is 12.8. The van der Waals surface area contributed by atoms with Crippen LogP contribution in [-0.4, -0.2) is 16.7 Å². The minimum atomic E-state index is -0.465. The molecule has 1 aromatic heterocycles. The van der Waals surface area contributed by atoms with Gasteiger partial charge in [-0.05, 0) is 54.5 Å². The highest BCUT2D eigenvalue weighted by atomic mass is 16.4. The van der Waals surface area contributed by atoms with Crippen LogP contribution in [0.1, 0.15) is 49.3 Å². The van der Waals surface area contributed by atoms with Gasteiger partial charge >= 0.3 is 5.63 Å². The van der Waals surface area contributed by atoms with Gasteiger partial charge in [-0.2, -0.15) is 0 Å². The third kappa shape index (κ3) is 2.91. The molecule has 0 unspecified atom stereocenters. The summed E-state index contributed by atoms with van der Waals surface area (Å²) >= 11 is 0. The van der Waals surface area contributed by atoms with E-state index in [4.69, 9.17) is 4.42 Å². The lowest BCUT2D eigenvalue weighted by molar-refractivity contribution is -0.140. The summed E-state index contributed by atoms with van der Waals surface area (Å²) in [6.45, 7) is 6.33. The fourth-order valence-electron chi connectivity index (χ4n) is 4.34. The summed E-state index contributed by atoms with van der Waals surface area (Å²) in [7, 11) is 0. The molecule has 0 bridgehead atoms. The van der Waals surface area contributed by atoms with Crippen LogP contribution in [0.25, 0.3) is 11.0 Å². The van der Waals surface area contributed by atoms with Crippen LogP contribution in [0.4, 0.5) is 0 Å². The number of benzene rings is 1. The molecule has 1 saturated heterocycles. The molecule has 0 saturated carbocycles. The Morgan fingerprint density at radius 2 is 1.67 bits per heavy atom. The molecule has 27 heavy (non-hydrogen) atoms. The molecule has 2 aromatic rings. The minimum Gasteiger partial charge on any atom is -0.423 e. The van der Waals surface area contributed by atoms with Gasteiger partial charge in [-0.3, -0.25) is 14.5 Å². The second-order valence-corrected chi connectivity index (χ2v) is 7.87. The smallest absolute Gasteiger partial charge is 0.336 e. The van der Waals surface area contributed by atoms with Crippen molar-refractivity contribution < 1.29 is 14.0 Å². The number of rotatable bonds is 3. The van der Waals surface area contributed by atoms with Crippen LogP contribution in [0.15, 0.2) is 39.6 Å². The normalized spacial score (nSPS) is 22.1. The molecule has 1 aliphatic heterocycles. The number of carbonyl (C=O) groups is 2. The van der Waals surface area contributed by atoms with E-state index in [1.54, 1.807) is 0 Å². The molecule has 1 aromatic carbocycles. The molecular formula is C22H23NO4. The molecule has 2 aliphatic rings. The lowest BCUT2D eigenvalue weighted by Crippen LogP contribution is -2.31. The summed E-state index contributed by atoms with van der Waals surface area (Å²) < 4.78 is 5.38. The Bertz CT molecular complexity index is 1000. The van der Waals surface area contributed by atoms with Crippen LogP contribution < -0.4 is 5.63 Å². The first-order chi connectivity index (χ1) is 12.9. The summed E-state index contributed by atoms with van der Waals surface area (Å²) in [4.78, 5) is 38.9. The highest BCUT2D eigenvalue weighted by molar-refractivity contribution is 6.05. The van der Waals surface area contributed by atoms with Crippen LogP contribution in [-0.2, 0) is 16.1 Å². The molecule has 2 atom stereocenters. The van der Waals surface area contributed by atoms with Crippen molar-refractivity contribution in [3.05, 3.63) is 57.5 Å². The van der Waals surface area contributed by atoms with Crippen molar-refractivity contribution in [3.63, 3.8) is 0 Å². The second-order valence-electron chi connectivity index (χ2n) is 7.87. The summed E-state index contributed by atoms with van der Waals surface area (Å²) in [5.41, 5.74) is 2.92. The fraction of sp³-hybridized carbons (Fsp3) is 0.409. The average molecular weight is 365 g/mol. The summed E-state index contributed by atoms with van der Waals surface area (Å²) in [5.74, 6) is -0.471. The van der Waals surface area contributed by atoms with Crippen molar-refractivity contribution in [2.24, 2.45) is 11.8 Å². The number of amides is 2. The maximum Gasteiger partial charge on any atom is 0.336 e. The monoisotopic (exact) mass is 365 g/mol. The Morgan fingerprint density at radius 1 is 1.04 bits per heavy atom. The second kappa shape index (κ2) is 6.48. The zero-order valence-electron chi connectivity index (χ0n) is 15.8. The summed E-state index contributed by atoms with van der Waals surface area (Å²) in [5, 5.41) is 0.789. The van der Waals surface area contributed by atoms with Crippen molar-refractivity contribution in [1.82, 2.24) is 4.90 Å². The number of hydrogen-bond acceptors (Lipinski definition) is 4. The highest BCUT2D eigenvalue weighted by Crippen LogP contribution is 2.36. The topological polar surface area (TPSA) is 67.6 Å². The van der Waals surface area contributed by atoms with Gasteiger partial charge in [0.25, 0.3) is 0 Å². The molecule has 2 amide bonds. The first kappa shape index (κ1) is 17.7. The molecule has 0 spiro atoms. The van der Waals surface area contributed by atoms with Gasteiger partial charge in [0.1, 0.15) is 5.58 Å². The van der Waals surface area contributed by atoms with Crippen LogP contribution >= 0.6 is 0 Å². The molecule has 4 rings (SSSR count). The van der Waals surface area contributed by atoms with Gasteiger partial charge < -0.3 is 4.42 Å². The third-order valence-electron chi connectivity index (χ3n) is 5.77. The lowest BCUT2D eigenvalue weighted by atomic mass is 9.85. The largest absolute Gasteiger partial charge is 0.423 e. The van der Waals surface area contributed by atoms with Gasteiger partial charge in [0.2, 0.25) is 11.8 Å². The minimum absolute atomic E-state index is 0.118. The molecular weight excluding hydrogens is 342 g/mol. The Balaban J connectivity index is 1.78. The van der Waals surface area contributed by atoms with Gasteiger partial charge in [-0.1, -0.05) is 26.0 Å². The van der Waals surface area contributed by atoms with Crippen molar-refractivity contribution in [2.75, 3.05) is 0 Å². The Morgan fingerprint density at radius 3 is 2.26 bits per heavy atom. The average Bonchev–Trinajstić information content (AvgIpc) is 2.86. The predicted octanol–water partition coefficient (Wildman–Crippen LogP) is 3.68. The quantitative estimate of drug-likeness (QED) is 0.473. The van der Waals surface area contributed by atoms with E-state index in [0.29, 0.717) is 29.9 Å². The number of imide groups is 1. The van der Waals surface area contributed by atoms with Gasteiger partial charge in [-0.25, -0.2) is 4.79 Å². The maximum atomic E-state index is 12.8. The lowest BCUT2D eigenvalue weighted by Gasteiger charge is -2.17. The Kier molecular flexibility index (Phi) is 4.25. The zero-order valence-corrected chi connectivity index (χ0v) is 15.8. The van der Waals surface area contributed by atoms with Gasteiger partial charge in [0, 0.05) is 11.5 Å². The standard InChI is InChI=1S/C22H23NO4/c1-12(2)17-10-18-14(9-20(24)27-19(18)8-13(17)3)11-23-21(25)15-6-4-5-7-16(15)22(23)26/h4-5,8-10,12,15-16H,6-7,11H2,1-3H3/t15-,16+. The first-order valence-electron chi connectivity index (χ1n) is 9.44. The van der Waals surface area contributed by atoms with Crippen molar-refractivity contribution >= 4 is 22.8 Å². The number of carbonyl (C=O) groups excluding carboxylic acids is 2. The molecule has 5 heteroatoms. The van der Waals surface area contributed by atoms with Crippen LogP contribution in [0.5, 0.6) is 0 Å². The van der Waals surface area contributed by atoms with E-state index in [2.05, 4.69) is 13.8 Å². The van der Waals surface area contributed by atoms with Crippen molar-refractivity contribution in [3.8, 4) is 0 Å². The zero-order chi connectivity index (χ0) is 19.3. The SMILES string of the molecule is Cc1cc2oc(=O)cc(CN3C(=O)[C@H]4CC=CC[C@H]4C3=O)c2cc1C(C)C. The molecule has 1 fully saturated rings. The fourth-order valence-corrected chi connectivity index (χ4v) is 4.34. The summed E-state index contributed by atoms with van der Waals surface area (Å²) in [6, 6.07) is 5.29. The first-order valence-corrected chi connectivity index (χ1v) is 9.44. The van der Waals surface area contributed by atoms with Crippen LogP contribution in [0, 0.1) is 18.8 Å². The molecule has 5 nitrogen and oxygen atoms in total. The van der Waals surface area contributed by atoms with E-state index < -0.39 is 5.63 Å². The number of hydrogen-bond donors (Lipinski definition) is 0. The number of nitrogens with zero attached hydrogens (tertiary/aromatic N) is 1. The van der Waals surface area contributed by atoms with Gasteiger partial charge in [-0.15, -0.1) is 0 Å². The predicted molar refractivity (Wildman–Crippen MR) is 102 cm³/mol. The van der Waals surface area contributed by atoms with Crippen molar-refractivity contribution in [2.45, 2.75) is 46.1 Å². The van der Waals surface area contributed by atoms with Gasteiger partial charge in [0.05, 0.1) is 18.4 Å². The molecule has 0 radical (unpaired) electrons. The van der Waals surface area contributed by atoms with E-state index in [-0.39, 0.29) is 30.2 Å². The number of allylic oxidation sites excluding steroid dienone is 2. The van der Waals surface area contributed by atoms with Crippen LogP contribution in [0.3, 0.4) is 0 Å². The Labute approximate surface area is 157 Å². The van der Waals surface area contributed by atoms with Crippen LogP contribution in [0.2, 0.25) is 0 Å². The van der Waals surface area contributed by atoms with E-state index in [1.807, 2.05) is 31.2 Å². The number of aryl methyl sites for hydroxylation is 1. The Hall–Kier alpha value is -2.69. The van der Waals surface area contributed by atoms with E-state index >= 15 is 0 Å².